The highest BCUT2D eigenvalue weighted by Gasteiger charge is 2.06. The van der Waals surface area contributed by atoms with Gasteiger partial charge in [-0.2, -0.15) is 0 Å². The molecule has 17 heavy (non-hydrogen) atoms. The van der Waals surface area contributed by atoms with Crippen LogP contribution in [0.4, 0.5) is 0 Å². The van der Waals surface area contributed by atoms with E-state index in [-0.39, 0.29) is 11.3 Å². The van der Waals surface area contributed by atoms with E-state index in [0.29, 0.717) is 13.0 Å². The predicted molar refractivity (Wildman–Crippen MR) is 69.6 cm³/mol. The van der Waals surface area contributed by atoms with Crippen LogP contribution in [0, 0.1) is 0 Å². The molecular weight excluding hydrogens is 238 g/mol. The summed E-state index contributed by atoms with van der Waals surface area (Å²) < 4.78 is 5.05. The second kappa shape index (κ2) is 7.17. The van der Waals surface area contributed by atoms with Crippen molar-refractivity contribution < 1.29 is 9.53 Å². The van der Waals surface area contributed by atoms with Crippen molar-refractivity contribution in [2.75, 3.05) is 13.7 Å². The highest BCUT2D eigenvalue weighted by atomic mass is 35.5. The van der Waals surface area contributed by atoms with Gasteiger partial charge in [0.25, 0.3) is 0 Å². The van der Waals surface area contributed by atoms with Crippen LogP contribution in [-0.4, -0.2) is 24.9 Å². The Morgan fingerprint density at radius 2 is 2.06 bits per heavy atom. The van der Waals surface area contributed by atoms with Gasteiger partial charge in [0, 0.05) is 6.54 Å². The first-order valence-electron chi connectivity index (χ1n) is 5.69. The van der Waals surface area contributed by atoms with E-state index in [1.807, 2.05) is 31.2 Å². The fourth-order valence-electron chi connectivity index (χ4n) is 1.36. The lowest BCUT2D eigenvalue weighted by Gasteiger charge is -2.08. The summed E-state index contributed by atoms with van der Waals surface area (Å²) in [7, 11) is 1.62. The Balaban J connectivity index is 2.39. The minimum absolute atomic E-state index is 0.00531. The number of rotatable bonds is 6. The van der Waals surface area contributed by atoms with E-state index < -0.39 is 0 Å². The number of carbonyl (C=O) groups excluding carboxylic acids is 1. The molecular formula is C13H18ClNO2. The molecule has 1 unspecified atom stereocenters. The maximum Gasteiger partial charge on any atom is 0.224 e. The van der Waals surface area contributed by atoms with E-state index in [1.54, 1.807) is 7.11 Å². The van der Waals surface area contributed by atoms with Crippen molar-refractivity contribution >= 4 is 17.5 Å². The van der Waals surface area contributed by atoms with Crippen LogP contribution in [-0.2, 0) is 11.2 Å². The van der Waals surface area contributed by atoms with Crippen LogP contribution < -0.4 is 10.1 Å². The zero-order valence-corrected chi connectivity index (χ0v) is 11.0. The van der Waals surface area contributed by atoms with E-state index in [9.17, 15) is 4.79 Å². The molecule has 0 aliphatic carbocycles. The van der Waals surface area contributed by atoms with Crippen molar-refractivity contribution in [1.82, 2.24) is 5.32 Å². The van der Waals surface area contributed by atoms with Crippen molar-refractivity contribution in [1.29, 1.82) is 0 Å². The average molecular weight is 256 g/mol. The Morgan fingerprint density at radius 3 is 2.59 bits per heavy atom. The lowest BCUT2D eigenvalue weighted by Crippen LogP contribution is -2.30. The molecule has 1 N–H and O–H groups in total. The molecule has 1 aromatic rings. The third kappa shape index (κ3) is 5.09. The van der Waals surface area contributed by atoms with Gasteiger partial charge in [-0.1, -0.05) is 19.1 Å². The van der Waals surface area contributed by atoms with Crippen molar-refractivity contribution in [3.05, 3.63) is 29.8 Å². The lowest BCUT2D eigenvalue weighted by molar-refractivity contribution is -0.120. The van der Waals surface area contributed by atoms with Crippen LogP contribution in [0.1, 0.15) is 18.9 Å². The fraction of sp³-hybridized carbons (Fsp3) is 0.462. The van der Waals surface area contributed by atoms with Crippen molar-refractivity contribution in [2.45, 2.75) is 25.1 Å². The van der Waals surface area contributed by atoms with Gasteiger partial charge in [0.05, 0.1) is 18.9 Å². The monoisotopic (exact) mass is 255 g/mol. The number of methoxy groups -OCH3 is 1. The normalized spacial score (nSPS) is 11.9. The summed E-state index contributed by atoms with van der Waals surface area (Å²) in [6, 6.07) is 7.46. The highest BCUT2D eigenvalue weighted by Crippen LogP contribution is 2.11. The first-order chi connectivity index (χ1) is 8.15. The molecule has 0 heterocycles. The Hall–Kier alpha value is -1.22. The van der Waals surface area contributed by atoms with E-state index in [0.717, 1.165) is 17.7 Å². The van der Waals surface area contributed by atoms with Gasteiger partial charge >= 0.3 is 0 Å². The lowest BCUT2D eigenvalue weighted by atomic mass is 10.1. The molecule has 0 saturated carbocycles. The topological polar surface area (TPSA) is 38.3 Å². The minimum Gasteiger partial charge on any atom is -0.497 e. The summed E-state index contributed by atoms with van der Waals surface area (Å²) in [6.45, 7) is 2.51. The molecule has 0 fully saturated rings. The second-order valence-electron chi connectivity index (χ2n) is 3.83. The summed E-state index contributed by atoms with van der Waals surface area (Å²) in [5.74, 6) is 0.787. The van der Waals surface area contributed by atoms with E-state index in [2.05, 4.69) is 5.32 Å². The summed E-state index contributed by atoms with van der Waals surface area (Å²) in [4.78, 5) is 11.6. The maximum atomic E-state index is 11.6. The fourth-order valence-corrected chi connectivity index (χ4v) is 1.44. The highest BCUT2D eigenvalue weighted by molar-refractivity contribution is 6.20. The van der Waals surface area contributed by atoms with E-state index in [4.69, 9.17) is 16.3 Å². The third-order valence-electron chi connectivity index (χ3n) is 2.49. The summed E-state index contributed by atoms with van der Waals surface area (Å²) in [5.41, 5.74) is 0.964. The molecule has 0 aliphatic heterocycles. The summed E-state index contributed by atoms with van der Waals surface area (Å²) in [5, 5.41) is 2.82. The number of nitrogens with one attached hydrogen (secondary N) is 1. The van der Waals surface area contributed by atoms with Gasteiger partial charge in [0.2, 0.25) is 5.91 Å². The molecule has 0 bridgehead atoms. The van der Waals surface area contributed by atoms with Gasteiger partial charge in [-0.3, -0.25) is 4.79 Å². The molecule has 1 rings (SSSR count). The number of amides is 1. The number of hydrogen-bond acceptors (Lipinski definition) is 2. The zero-order chi connectivity index (χ0) is 12.7. The molecule has 3 nitrogen and oxygen atoms in total. The molecule has 1 atom stereocenters. The molecule has 0 aromatic heterocycles. The summed E-state index contributed by atoms with van der Waals surface area (Å²) >= 11 is 5.92. The van der Waals surface area contributed by atoms with E-state index >= 15 is 0 Å². The number of carbonyl (C=O) groups is 1. The predicted octanol–water partition coefficient (Wildman–Crippen LogP) is 2.37. The van der Waals surface area contributed by atoms with Gasteiger partial charge in [0.15, 0.2) is 0 Å². The number of alkyl halides is 1. The number of halogens is 1. The molecule has 0 aliphatic rings. The van der Waals surface area contributed by atoms with Crippen LogP contribution in [0.25, 0.3) is 0 Å². The van der Waals surface area contributed by atoms with Crippen LogP contribution in [0.2, 0.25) is 0 Å². The average Bonchev–Trinajstić information content (AvgIpc) is 2.36. The second-order valence-corrected chi connectivity index (χ2v) is 4.45. The van der Waals surface area contributed by atoms with Crippen molar-refractivity contribution in [3.63, 3.8) is 0 Å². The quantitative estimate of drug-likeness (QED) is 0.793. The molecule has 1 amide bonds. The molecule has 0 saturated heterocycles. The Kier molecular flexibility index (Phi) is 5.84. The van der Waals surface area contributed by atoms with Crippen LogP contribution >= 0.6 is 11.6 Å². The van der Waals surface area contributed by atoms with Crippen molar-refractivity contribution in [3.8, 4) is 5.75 Å². The van der Waals surface area contributed by atoms with Crippen molar-refractivity contribution in [2.24, 2.45) is 0 Å². The maximum absolute atomic E-state index is 11.6. The molecule has 0 spiro atoms. The van der Waals surface area contributed by atoms with Gasteiger partial charge in [0.1, 0.15) is 5.75 Å². The van der Waals surface area contributed by atoms with Gasteiger partial charge in [-0.25, -0.2) is 0 Å². The number of benzene rings is 1. The van der Waals surface area contributed by atoms with E-state index in [1.165, 1.54) is 0 Å². The molecule has 4 heteroatoms. The third-order valence-corrected chi connectivity index (χ3v) is 2.95. The SMILES string of the molecule is CCC(Cl)CNC(=O)Cc1ccc(OC)cc1. The first kappa shape index (κ1) is 13.8. The number of ether oxygens (including phenoxy) is 1. The minimum atomic E-state index is -0.00531. The first-order valence-corrected chi connectivity index (χ1v) is 6.13. The van der Waals surface area contributed by atoms with Gasteiger partial charge in [-0.15, -0.1) is 11.6 Å². The Labute approximate surface area is 107 Å². The molecule has 0 radical (unpaired) electrons. The van der Waals surface area contributed by atoms with Gasteiger partial charge in [-0.05, 0) is 24.1 Å². The molecule has 1 aromatic carbocycles. The Bertz CT molecular complexity index is 351. The van der Waals surface area contributed by atoms with Crippen LogP contribution in [0.3, 0.4) is 0 Å². The smallest absolute Gasteiger partial charge is 0.224 e. The van der Waals surface area contributed by atoms with Crippen LogP contribution in [0.5, 0.6) is 5.75 Å². The molecule has 94 valence electrons. The Morgan fingerprint density at radius 1 is 1.41 bits per heavy atom. The van der Waals surface area contributed by atoms with Gasteiger partial charge < -0.3 is 10.1 Å². The largest absolute Gasteiger partial charge is 0.497 e. The summed E-state index contributed by atoms with van der Waals surface area (Å²) in [6.07, 6.45) is 1.22. The number of hydrogen-bond donors (Lipinski definition) is 1. The standard InChI is InChI=1S/C13H18ClNO2/c1-3-11(14)9-15-13(16)8-10-4-6-12(17-2)7-5-10/h4-7,11H,3,8-9H2,1-2H3,(H,15,16). The zero-order valence-electron chi connectivity index (χ0n) is 10.2. The van der Waals surface area contributed by atoms with Crippen LogP contribution in [0.15, 0.2) is 24.3 Å².